The highest BCUT2D eigenvalue weighted by molar-refractivity contribution is 5.81. The minimum atomic E-state index is 0.141. The Balaban J connectivity index is 2.41. The van der Waals surface area contributed by atoms with Gasteiger partial charge in [0.2, 0.25) is 0 Å². The van der Waals surface area contributed by atoms with Crippen molar-refractivity contribution in [3.63, 3.8) is 0 Å². The molecule has 0 atom stereocenters. The third-order valence-electron chi connectivity index (χ3n) is 6.49. The van der Waals surface area contributed by atoms with Crippen LogP contribution < -0.4 is 0 Å². The van der Waals surface area contributed by atoms with E-state index < -0.39 is 0 Å². The second-order valence-electron chi connectivity index (χ2n) is 13.3. The maximum Gasteiger partial charge on any atom is -0.000756 e. The fraction of sp³-hybridized carbons (Fsp3) is 0.586. The van der Waals surface area contributed by atoms with E-state index in [1.807, 2.05) is 0 Å². The second kappa shape index (κ2) is 6.47. The fourth-order valence-corrected chi connectivity index (χ4v) is 4.59. The molecule has 0 unspecified atom stereocenters. The van der Waals surface area contributed by atoms with E-state index in [0.717, 1.165) is 6.42 Å². The van der Waals surface area contributed by atoms with Gasteiger partial charge in [-0.3, -0.25) is 0 Å². The first-order valence-electron chi connectivity index (χ1n) is 11.3. The van der Waals surface area contributed by atoms with Crippen molar-refractivity contribution in [3.8, 4) is 11.1 Å². The van der Waals surface area contributed by atoms with Crippen molar-refractivity contribution in [1.29, 1.82) is 0 Å². The molecule has 0 bridgehead atoms. The first-order valence-corrected chi connectivity index (χ1v) is 11.3. The van der Waals surface area contributed by atoms with Crippen LogP contribution in [0.25, 0.3) is 11.1 Å². The zero-order valence-electron chi connectivity index (χ0n) is 21.0. The number of rotatable bonds is 0. The van der Waals surface area contributed by atoms with Gasteiger partial charge in [-0.05, 0) is 72.6 Å². The molecule has 1 aliphatic rings. The van der Waals surface area contributed by atoms with Gasteiger partial charge in [-0.1, -0.05) is 107 Å². The van der Waals surface area contributed by atoms with Gasteiger partial charge in [-0.2, -0.15) is 0 Å². The highest BCUT2D eigenvalue weighted by atomic mass is 14.4. The van der Waals surface area contributed by atoms with Crippen molar-refractivity contribution < 1.29 is 0 Å². The van der Waals surface area contributed by atoms with E-state index in [1.54, 1.807) is 11.1 Å². The second-order valence-corrected chi connectivity index (χ2v) is 13.3. The molecule has 0 aliphatic heterocycles. The summed E-state index contributed by atoms with van der Waals surface area (Å²) in [4.78, 5) is 0. The Kier molecular flexibility index (Phi) is 4.94. The summed E-state index contributed by atoms with van der Waals surface area (Å²) in [5.41, 5.74) is 12.6. The van der Waals surface area contributed by atoms with Crippen molar-refractivity contribution in [2.45, 2.75) is 111 Å². The molecule has 0 heterocycles. The summed E-state index contributed by atoms with van der Waals surface area (Å²) < 4.78 is 0. The molecule has 2 aromatic rings. The van der Waals surface area contributed by atoms with Crippen LogP contribution in [0.3, 0.4) is 0 Å². The zero-order chi connectivity index (χ0) is 22.2. The molecule has 0 radical (unpaired) electrons. The minimum absolute atomic E-state index is 0.141. The van der Waals surface area contributed by atoms with Crippen molar-refractivity contribution in [1.82, 2.24) is 0 Å². The van der Waals surface area contributed by atoms with Crippen molar-refractivity contribution >= 4 is 0 Å². The maximum absolute atomic E-state index is 2.50. The molecule has 1 aliphatic carbocycles. The topological polar surface area (TPSA) is 0 Å². The van der Waals surface area contributed by atoms with Gasteiger partial charge in [0, 0.05) is 0 Å². The van der Waals surface area contributed by atoms with Gasteiger partial charge in [-0.15, -0.1) is 0 Å². The van der Waals surface area contributed by atoms with Gasteiger partial charge >= 0.3 is 0 Å². The lowest BCUT2D eigenvalue weighted by Gasteiger charge is -2.28. The molecule has 0 saturated carbocycles. The van der Waals surface area contributed by atoms with Crippen molar-refractivity contribution in [3.05, 3.63) is 57.6 Å². The Hall–Kier alpha value is -1.56. The zero-order valence-corrected chi connectivity index (χ0v) is 21.0. The molecule has 0 amide bonds. The summed E-state index contributed by atoms with van der Waals surface area (Å²) >= 11 is 0. The molecule has 0 heteroatoms. The Morgan fingerprint density at radius 1 is 0.448 bits per heavy atom. The highest BCUT2D eigenvalue weighted by Crippen LogP contribution is 2.48. The van der Waals surface area contributed by atoms with Crippen LogP contribution >= 0.6 is 0 Å². The van der Waals surface area contributed by atoms with E-state index in [-0.39, 0.29) is 21.7 Å². The summed E-state index contributed by atoms with van der Waals surface area (Å²) in [7, 11) is 0. The first-order chi connectivity index (χ1) is 12.9. The number of fused-ring (bicyclic) bond motifs is 3. The van der Waals surface area contributed by atoms with Crippen LogP contribution in [-0.2, 0) is 28.1 Å². The summed E-state index contributed by atoms with van der Waals surface area (Å²) in [6, 6.07) is 9.98. The molecule has 0 N–H and O–H groups in total. The Labute approximate surface area is 180 Å². The predicted octanol–water partition coefficient (Wildman–Crippen LogP) is 8.45. The lowest BCUT2D eigenvalue weighted by atomic mass is 9.76. The molecule has 158 valence electrons. The fourth-order valence-electron chi connectivity index (χ4n) is 4.59. The van der Waals surface area contributed by atoms with Crippen LogP contribution in [-0.4, -0.2) is 0 Å². The van der Waals surface area contributed by atoms with Crippen LogP contribution in [0, 0.1) is 0 Å². The lowest BCUT2D eigenvalue weighted by molar-refractivity contribution is 0.563. The molecule has 0 saturated heterocycles. The van der Waals surface area contributed by atoms with Crippen LogP contribution in [0.2, 0.25) is 0 Å². The smallest absolute Gasteiger partial charge is 0.000756 e. The van der Waals surface area contributed by atoms with Gasteiger partial charge in [0.05, 0.1) is 0 Å². The average molecular weight is 391 g/mol. The number of hydrogen-bond donors (Lipinski definition) is 0. The number of hydrogen-bond acceptors (Lipinski definition) is 0. The maximum atomic E-state index is 2.50. The van der Waals surface area contributed by atoms with Gasteiger partial charge in [0.25, 0.3) is 0 Å². The summed E-state index contributed by atoms with van der Waals surface area (Å²) in [5.74, 6) is 0. The largest absolute Gasteiger partial charge is 0.0561 e. The average Bonchev–Trinajstić information content (AvgIpc) is 2.87. The number of benzene rings is 2. The first kappa shape index (κ1) is 22.1. The quantitative estimate of drug-likeness (QED) is 0.361. The third-order valence-corrected chi connectivity index (χ3v) is 6.49. The molecule has 0 aromatic heterocycles. The molecule has 29 heavy (non-hydrogen) atoms. The van der Waals surface area contributed by atoms with Crippen LogP contribution in [0.5, 0.6) is 0 Å². The monoisotopic (exact) mass is 390 g/mol. The molecule has 0 spiro atoms. The van der Waals surface area contributed by atoms with E-state index in [2.05, 4.69) is 107 Å². The highest BCUT2D eigenvalue weighted by Gasteiger charge is 2.33. The van der Waals surface area contributed by atoms with Crippen molar-refractivity contribution in [2.24, 2.45) is 0 Å². The Morgan fingerprint density at radius 3 is 1.00 bits per heavy atom. The third kappa shape index (κ3) is 4.05. The summed E-state index contributed by atoms with van der Waals surface area (Å²) in [6.45, 7) is 28.2. The van der Waals surface area contributed by atoms with E-state index in [9.17, 15) is 0 Å². The van der Waals surface area contributed by atoms with Crippen LogP contribution in [0.1, 0.15) is 116 Å². The molecule has 0 fully saturated rings. The van der Waals surface area contributed by atoms with E-state index >= 15 is 0 Å². The van der Waals surface area contributed by atoms with Crippen LogP contribution in [0.15, 0.2) is 24.3 Å². The Bertz CT molecular complexity index is 862. The normalized spacial score (nSPS) is 14.8. The molecular weight excluding hydrogens is 348 g/mol. The van der Waals surface area contributed by atoms with Gasteiger partial charge in [0.1, 0.15) is 0 Å². The minimum Gasteiger partial charge on any atom is -0.0561 e. The lowest BCUT2D eigenvalue weighted by Crippen LogP contribution is -2.19. The molecular formula is C29H42. The van der Waals surface area contributed by atoms with Gasteiger partial charge in [-0.25, -0.2) is 0 Å². The van der Waals surface area contributed by atoms with Crippen LogP contribution in [0.4, 0.5) is 0 Å². The Morgan fingerprint density at radius 2 is 0.759 bits per heavy atom. The van der Waals surface area contributed by atoms with Gasteiger partial charge < -0.3 is 0 Å². The van der Waals surface area contributed by atoms with E-state index in [0.29, 0.717) is 0 Å². The SMILES string of the molecule is CC(C)(C)c1cc2c(c(C(C)(C)C)c1)Cc1c-2cc(C(C)(C)C)cc1C(C)(C)C. The summed E-state index contributed by atoms with van der Waals surface area (Å²) in [5, 5.41) is 0. The molecule has 2 aromatic carbocycles. The van der Waals surface area contributed by atoms with E-state index in [4.69, 9.17) is 0 Å². The predicted molar refractivity (Wildman–Crippen MR) is 129 cm³/mol. The van der Waals surface area contributed by atoms with Gasteiger partial charge in [0.15, 0.2) is 0 Å². The summed E-state index contributed by atoms with van der Waals surface area (Å²) in [6.07, 6.45) is 1.07. The molecule has 3 rings (SSSR count). The van der Waals surface area contributed by atoms with E-state index in [1.165, 1.54) is 33.4 Å². The standard InChI is InChI=1S/C29H42/c1-26(2,3)18-13-20-21-14-19(27(4,5)6)16-25(29(10,11)12)23(21)17-22(20)24(15-18)28(7,8)9/h13-16H,17H2,1-12H3. The molecule has 0 nitrogen and oxygen atoms in total. The van der Waals surface area contributed by atoms with Crippen molar-refractivity contribution in [2.75, 3.05) is 0 Å².